The van der Waals surface area contributed by atoms with E-state index in [2.05, 4.69) is 10.6 Å². The van der Waals surface area contributed by atoms with E-state index in [1.165, 1.54) is 0 Å². The van der Waals surface area contributed by atoms with E-state index in [4.69, 9.17) is 4.74 Å². The van der Waals surface area contributed by atoms with Crippen LogP contribution >= 0.6 is 0 Å². The van der Waals surface area contributed by atoms with Gasteiger partial charge in [-0.3, -0.25) is 4.79 Å². The molecule has 0 fully saturated rings. The number of carbonyl (C=O) groups is 3. The van der Waals surface area contributed by atoms with Crippen LogP contribution in [-0.4, -0.2) is 31.1 Å². The average molecular weight is 429 g/mol. The van der Waals surface area contributed by atoms with Gasteiger partial charge in [0.05, 0.1) is 12.2 Å². The largest absolute Gasteiger partial charge is 0.462 e. The van der Waals surface area contributed by atoms with Crippen molar-refractivity contribution in [1.29, 1.82) is 0 Å². The third kappa shape index (κ3) is 4.62. The maximum absolute atomic E-state index is 12.9. The van der Waals surface area contributed by atoms with Crippen LogP contribution in [0.5, 0.6) is 0 Å². The van der Waals surface area contributed by atoms with Crippen molar-refractivity contribution in [3.05, 3.63) is 89.5 Å². The van der Waals surface area contributed by atoms with E-state index in [0.717, 1.165) is 17.7 Å². The summed E-state index contributed by atoms with van der Waals surface area (Å²) in [7, 11) is 0. The van der Waals surface area contributed by atoms with Crippen molar-refractivity contribution in [2.75, 3.05) is 28.7 Å². The second-order valence-corrected chi connectivity index (χ2v) is 7.29. The third-order valence-electron chi connectivity index (χ3n) is 5.16. The second kappa shape index (κ2) is 9.34. The van der Waals surface area contributed by atoms with Crippen LogP contribution in [0.15, 0.2) is 72.8 Å². The van der Waals surface area contributed by atoms with Gasteiger partial charge in [-0.25, -0.2) is 9.59 Å². The maximum Gasteiger partial charge on any atom is 0.338 e. The van der Waals surface area contributed by atoms with Crippen LogP contribution in [0, 0.1) is 0 Å². The van der Waals surface area contributed by atoms with Crippen LogP contribution in [0.25, 0.3) is 0 Å². The Morgan fingerprint density at radius 1 is 0.875 bits per heavy atom. The molecule has 0 atom stereocenters. The standard InChI is InChI=1S/C25H23N3O4/c1-2-32-24(30)19-9-11-20(12-10-19)26-25(31)27-21-13-8-17-14-15-28(22(17)16-21)23(29)18-6-4-3-5-7-18/h3-13,16H,2,14-15H2,1H3,(H2,26,27,31). The van der Waals surface area contributed by atoms with E-state index in [9.17, 15) is 14.4 Å². The molecule has 162 valence electrons. The molecular weight excluding hydrogens is 406 g/mol. The summed E-state index contributed by atoms with van der Waals surface area (Å²) in [5.74, 6) is -0.469. The topological polar surface area (TPSA) is 87.7 Å². The predicted octanol–water partition coefficient (Wildman–Crippen LogP) is 4.71. The highest BCUT2D eigenvalue weighted by atomic mass is 16.5. The Morgan fingerprint density at radius 2 is 1.56 bits per heavy atom. The molecule has 4 rings (SSSR count). The van der Waals surface area contributed by atoms with Gasteiger partial charge in [-0.05, 0) is 67.4 Å². The van der Waals surface area contributed by atoms with Crippen molar-refractivity contribution >= 4 is 35.0 Å². The number of esters is 1. The first-order valence-electron chi connectivity index (χ1n) is 10.4. The lowest BCUT2D eigenvalue weighted by Gasteiger charge is -2.18. The molecule has 0 spiro atoms. The third-order valence-corrected chi connectivity index (χ3v) is 5.16. The molecule has 32 heavy (non-hydrogen) atoms. The number of benzene rings is 3. The van der Waals surface area contributed by atoms with E-state index in [-0.39, 0.29) is 5.91 Å². The number of ether oxygens (including phenoxy) is 1. The quantitative estimate of drug-likeness (QED) is 0.575. The summed E-state index contributed by atoms with van der Waals surface area (Å²) in [5.41, 5.74) is 4.03. The lowest BCUT2D eigenvalue weighted by Crippen LogP contribution is -2.29. The van der Waals surface area contributed by atoms with Crippen LogP contribution in [0.2, 0.25) is 0 Å². The normalized spacial score (nSPS) is 12.1. The number of fused-ring (bicyclic) bond motifs is 1. The Balaban J connectivity index is 1.43. The molecule has 0 radical (unpaired) electrons. The number of rotatable bonds is 5. The lowest BCUT2D eigenvalue weighted by molar-refractivity contribution is 0.0526. The zero-order chi connectivity index (χ0) is 22.5. The predicted molar refractivity (Wildman–Crippen MR) is 123 cm³/mol. The highest BCUT2D eigenvalue weighted by Crippen LogP contribution is 2.32. The molecule has 2 N–H and O–H groups in total. The van der Waals surface area contributed by atoms with Crippen molar-refractivity contribution in [3.8, 4) is 0 Å². The highest BCUT2D eigenvalue weighted by molar-refractivity contribution is 6.08. The fourth-order valence-corrected chi connectivity index (χ4v) is 3.60. The van der Waals surface area contributed by atoms with Crippen molar-refractivity contribution in [2.24, 2.45) is 0 Å². The minimum Gasteiger partial charge on any atom is -0.462 e. The summed E-state index contributed by atoms with van der Waals surface area (Å²) >= 11 is 0. The summed E-state index contributed by atoms with van der Waals surface area (Å²) in [6.07, 6.45) is 0.771. The number of amides is 3. The first kappa shape index (κ1) is 21.1. The number of anilines is 3. The van der Waals surface area contributed by atoms with Crippen LogP contribution in [0.1, 0.15) is 33.2 Å². The molecule has 1 heterocycles. The zero-order valence-electron chi connectivity index (χ0n) is 17.6. The van der Waals surface area contributed by atoms with Crippen LogP contribution < -0.4 is 15.5 Å². The number of nitrogens with one attached hydrogen (secondary N) is 2. The molecule has 7 nitrogen and oxygen atoms in total. The van der Waals surface area contributed by atoms with Crippen LogP contribution in [-0.2, 0) is 11.2 Å². The Kier molecular flexibility index (Phi) is 6.17. The van der Waals surface area contributed by atoms with Gasteiger partial charge >= 0.3 is 12.0 Å². The van der Waals surface area contributed by atoms with Crippen molar-refractivity contribution in [1.82, 2.24) is 0 Å². The summed E-state index contributed by atoms with van der Waals surface area (Å²) in [4.78, 5) is 38.8. The monoisotopic (exact) mass is 429 g/mol. The number of hydrogen-bond acceptors (Lipinski definition) is 4. The van der Waals surface area contributed by atoms with Crippen molar-refractivity contribution in [2.45, 2.75) is 13.3 Å². The smallest absolute Gasteiger partial charge is 0.338 e. The average Bonchev–Trinajstić information content (AvgIpc) is 3.23. The molecule has 0 aliphatic carbocycles. The number of carbonyl (C=O) groups excluding carboxylic acids is 3. The molecule has 3 amide bonds. The van der Waals surface area contributed by atoms with Gasteiger partial charge in [-0.1, -0.05) is 24.3 Å². The fraction of sp³-hybridized carbons (Fsp3) is 0.160. The van der Waals surface area contributed by atoms with E-state index in [1.807, 2.05) is 36.4 Å². The summed E-state index contributed by atoms with van der Waals surface area (Å²) in [5, 5.41) is 5.53. The molecule has 0 saturated carbocycles. The Labute approximate surface area is 186 Å². The number of hydrogen-bond donors (Lipinski definition) is 2. The molecule has 3 aromatic carbocycles. The molecule has 0 bridgehead atoms. The fourth-order valence-electron chi connectivity index (χ4n) is 3.60. The molecule has 1 aliphatic heterocycles. The first-order chi connectivity index (χ1) is 15.5. The summed E-state index contributed by atoms with van der Waals surface area (Å²) in [6, 6.07) is 20.7. The van der Waals surface area contributed by atoms with E-state index in [1.54, 1.807) is 48.2 Å². The molecular formula is C25H23N3O4. The minimum absolute atomic E-state index is 0.0624. The van der Waals surface area contributed by atoms with Crippen LogP contribution in [0.4, 0.5) is 21.9 Å². The molecule has 0 unspecified atom stereocenters. The molecule has 7 heteroatoms. The zero-order valence-corrected chi connectivity index (χ0v) is 17.6. The van der Waals surface area contributed by atoms with E-state index < -0.39 is 12.0 Å². The number of urea groups is 1. The SMILES string of the molecule is CCOC(=O)c1ccc(NC(=O)Nc2ccc3c(c2)N(C(=O)c2ccccc2)CC3)cc1. The van der Waals surface area contributed by atoms with Crippen LogP contribution in [0.3, 0.4) is 0 Å². The van der Waals surface area contributed by atoms with Gasteiger partial charge in [-0.15, -0.1) is 0 Å². The second-order valence-electron chi connectivity index (χ2n) is 7.29. The van der Waals surface area contributed by atoms with Gasteiger partial charge in [0, 0.05) is 29.2 Å². The molecule has 1 aliphatic rings. The van der Waals surface area contributed by atoms with Crippen molar-refractivity contribution in [3.63, 3.8) is 0 Å². The molecule has 0 saturated heterocycles. The summed E-state index contributed by atoms with van der Waals surface area (Å²) < 4.78 is 4.95. The first-order valence-corrected chi connectivity index (χ1v) is 10.4. The van der Waals surface area contributed by atoms with Gasteiger partial charge in [-0.2, -0.15) is 0 Å². The highest BCUT2D eigenvalue weighted by Gasteiger charge is 2.26. The lowest BCUT2D eigenvalue weighted by atomic mass is 10.1. The van der Waals surface area contributed by atoms with E-state index >= 15 is 0 Å². The maximum atomic E-state index is 12.9. The Bertz CT molecular complexity index is 1140. The van der Waals surface area contributed by atoms with Gasteiger partial charge in [0.15, 0.2) is 0 Å². The Hall–Kier alpha value is -4.13. The minimum atomic E-state index is -0.423. The van der Waals surface area contributed by atoms with Gasteiger partial charge in [0.25, 0.3) is 5.91 Å². The van der Waals surface area contributed by atoms with Crippen molar-refractivity contribution < 1.29 is 19.1 Å². The van der Waals surface area contributed by atoms with Gasteiger partial charge in [0.2, 0.25) is 0 Å². The summed E-state index contributed by atoms with van der Waals surface area (Å²) in [6.45, 7) is 2.65. The van der Waals surface area contributed by atoms with E-state index in [0.29, 0.717) is 35.7 Å². The molecule has 3 aromatic rings. The Morgan fingerprint density at radius 3 is 2.28 bits per heavy atom. The number of nitrogens with zero attached hydrogens (tertiary/aromatic N) is 1. The van der Waals surface area contributed by atoms with Gasteiger partial charge in [0.1, 0.15) is 0 Å². The molecule has 0 aromatic heterocycles. The van der Waals surface area contributed by atoms with Gasteiger partial charge < -0.3 is 20.3 Å².